The molecule has 0 unspecified atom stereocenters. The monoisotopic (exact) mass is 283 g/mol. The summed E-state index contributed by atoms with van der Waals surface area (Å²) < 4.78 is 23.0. The molecule has 0 aliphatic rings. The summed E-state index contributed by atoms with van der Waals surface area (Å²) in [4.78, 5) is 13.3. The average molecular weight is 283 g/mol. The van der Waals surface area contributed by atoms with Crippen LogP contribution in [-0.2, 0) is 20.8 Å². The van der Waals surface area contributed by atoms with E-state index in [4.69, 9.17) is 4.74 Å². The van der Waals surface area contributed by atoms with Crippen LogP contribution in [-0.4, -0.2) is 44.8 Å². The summed E-state index contributed by atoms with van der Waals surface area (Å²) in [5.74, 6) is -0.492. The van der Waals surface area contributed by atoms with E-state index in [1.54, 1.807) is 13.2 Å². The number of nitrogens with zero attached hydrogens (tertiary/aromatic N) is 1. The van der Waals surface area contributed by atoms with Crippen molar-refractivity contribution in [2.24, 2.45) is 0 Å². The molecule has 112 valence electrons. The van der Waals surface area contributed by atoms with Gasteiger partial charge < -0.3 is 9.47 Å². The number of halogens is 1. The van der Waals surface area contributed by atoms with Gasteiger partial charge in [-0.2, -0.15) is 0 Å². The molecule has 1 rings (SSSR count). The Kier molecular flexibility index (Phi) is 7.18. The molecule has 0 spiro atoms. The lowest BCUT2D eigenvalue weighted by Crippen LogP contribution is -2.30. The largest absolute Gasteiger partial charge is 0.469 e. The van der Waals surface area contributed by atoms with Crippen molar-refractivity contribution in [3.05, 3.63) is 35.1 Å². The number of esters is 1. The molecule has 1 aromatic carbocycles. The number of ether oxygens (including phenoxy) is 2. The second-order valence-corrected chi connectivity index (χ2v) is 4.67. The van der Waals surface area contributed by atoms with Crippen LogP contribution in [0, 0.1) is 12.7 Å². The summed E-state index contributed by atoms with van der Waals surface area (Å²) in [7, 11) is 3.00. The predicted octanol–water partition coefficient (Wildman–Crippen LogP) is 2.15. The van der Waals surface area contributed by atoms with Crippen LogP contribution in [0.25, 0.3) is 0 Å². The van der Waals surface area contributed by atoms with Gasteiger partial charge in [0.05, 0.1) is 20.1 Å². The van der Waals surface area contributed by atoms with E-state index in [1.807, 2.05) is 6.92 Å². The smallest absolute Gasteiger partial charge is 0.306 e. The average Bonchev–Trinajstić information content (AvgIpc) is 2.45. The molecule has 0 heterocycles. The Morgan fingerprint density at radius 1 is 1.30 bits per heavy atom. The Hall–Kier alpha value is -1.46. The topological polar surface area (TPSA) is 38.8 Å². The Morgan fingerprint density at radius 3 is 2.70 bits per heavy atom. The first-order valence-electron chi connectivity index (χ1n) is 6.60. The first kappa shape index (κ1) is 16.6. The number of hydrogen-bond acceptors (Lipinski definition) is 4. The summed E-state index contributed by atoms with van der Waals surface area (Å²) in [5, 5.41) is 0. The lowest BCUT2D eigenvalue weighted by atomic mass is 10.1. The maximum Gasteiger partial charge on any atom is 0.306 e. The van der Waals surface area contributed by atoms with Crippen LogP contribution < -0.4 is 0 Å². The molecule has 0 amide bonds. The minimum atomic E-state index is -0.247. The van der Waals surface area contributed by atoms with Crippen LogP contribution in [0.4, 0.5) is 4.39 Å². The SMILES string of the molecule is COCCN(CCC(=O)OC)Cc1cc(F)ccc1C. The number of rotatable bonds is 8. The van der Waals surface area contributed by atoms with Gasteiger partial charge in [0.1, 0.15) is 5.82 Å². The fourth-order valence-electron chi connectivity index (χ4n) is 1.89. The molecule has 5 heteroatoms. The fraction of sp³-hybridized carbons (Fsp3) is 0.533. The highest BCUT2D eigenvalue weighted by molar-refractivity contribution is 5.69. The number of carbonyl (C=O) groups is 1. The highest BCUT2D eigenvalue weighted by atomic mass is 19.1. The van der Waals surface area contributed by atoms with Gasteiger partial charge in [0.25, 0.3) is 0 Å². The van der Waals surface area contributed by atoms with Crippen molar-refractivity contribution in [2.45, 2.75) is 19.9 Å². The molecule has 0 N–H and O–H groups in total. The van der Waals surface area contributed by atoms with Crippen LogP contribution in [0.2, 0.25) is 0 Å². The fourth-order valence-corrected chi connectivity index (χ4v) is 1.89. The number of aryl methyl sites for hydroxylation is 1. The zero-order valence-corrected chi connectivity index (χ0v) is 12.3. The first-order valence-corrected chi connectivity index (χ1v) is 6.60. The van der Waals surface area contributed by atoms with E-state index >= 15 is 0 Å². The molecule has 4 nitrogen and oxygen atoms in total. The molecule has 20 heavy (non-hydrogen) atoms. The maximum absolute atomic E-state index is 13.3. The second kappa shape index (κ2) is 8.66. The van der Waals surface area contributed by atoms with Gasteiger partial charge >= 0.3 is 5.97 Å². The van der Waals surface area contributed by atoms with Gasteiger partial charge in [0, 0.05) is 26.7 Å². The third-order valence-corrected chi connectivity index (χ3v) is 3.18. The third-order valence-electron chi connectivity index (χ3n) is 3.18. The summed E-state index contributed by atoms with van der Waals surface area (Å²) in [6.45, 7) is 4.35. The molecule has 0 aliphatic heterocycles. The number of hydrogen-bond donors (Lipinski definition) is 0. The quantitative estimate of drug-likeness (QED) is 0.685. The van der Waals surface area contributed by atoms with Gasteiger partial charge in [0.15, 0.2) is 0 Å². The van der Waals surface area contributed by atoms with Crippen LogP contribution in [0.15, 0.2) is 18.2 Å². The van der Waals surface area contributed by atoms with E-state index in [0.717, 1.165) is 11.1 Å². The van der Waals surface area contributed by atoms with E-state index in [9.17, 15) is 9.18 Å². The zero-order chi connectivity index (χ0) is 15.0. The highest BCUT2D eigenvalue weighted by Gasteiger charge is 2.11. The molecule has 0 atom stereocenters. The molecule has 0 fully saturated rings. The summed E-state index contributed by atoms with van der Waals surface area (Å²) in [6.07, 6.45) is 0.314. The van der Waals surface area contributed by atoms with Crippen LogP contribution >= 0.6 is 0 Å². The van der Waals surface area contributed by atoms with E-state index in [2.05, 4.69) is 9.64 Å². The van der Waals surface area contributed by atoms with E-state index in [-0.39, 0.29) is 11.8 Å². The van der Waals surface area contributed by atoms with Gasteiger partial charge in [-0.3, -0.25) is 9.69 Å². The first-order chi connectivity index (χ1) is 9.56. The summed E-state index contributed by atoms with van der Waals surface area (Å²) in [5.41, 5.74) is 1.96. The van der Waals surface area contributed by atoms with Gasteiger partial charge in [0.2, 0.25) is 0 Å². The zero-order valence-electron chi connectivity index (χ0n) is 12.3. The highest BCUT2D eigenvalue weighted by Crippen LogP contribution is 2.13. The molecule has 0 bridgehead atoms. The molecule has 0 aliphatic carbocycles. The molecule has 1 aromatic rings. The predicted molar refractivity (Wildman–Crippen MR) is 74.9 cm³/mol. The van der Waals surface area contributed by atoms with Crippen molar-refractivity contribution < 1.29 is 18.7 Å². The Labute approximate surface area is 119 Å². The lowest BCUT2D eigenvalue weighted by molar-refractivity contribution is -0.141. The van der Waals surface area contributed by atoms with E-state index < -0.39 is 0 Å². The molecule has 0 saturated carbocycles. The van der Waals surface area contributed by atoms with Crippen molar-refractivity contribution in [1.82, 2.24) is 4.90 Å². The van der Waals surface area contributed by atoms with E-state index in [0.29, 0.717) is 32.7 Å². The number of methoxy groups -OCH3 is 2. The van der Waals surface area contributed by atoms with Crippen molar-refractivity contribution >= 4 is 5.97 Å². The Morgan fingerprint density at radius 2 is 2.05 bits per heavy atom. The number of carbonyl (C=O) groups excluding carboxylic acids is 1. The normalized spacial score (nSPS) is 10.8. The maximum atomic E-state index is 13.3. The second-order valence-electron chi connectivity index (χ2n) is 4.67. The van der Waals surface area contributed by atoms with Crippen molar-refractivity contribution in [3.63, 3.8) is 0 Å². The molecule has 0 saturated heterocycles. The van der Waals surface area contributed by atoms with E-state index in [1.165, 1.54) is 19.2 Å². The molecular formula is C15H22FNO3. The standard InChI is InChI=1S/C15H22FNO3/c1-12-4-5-14(16)10-13(12)11-17(8-9-19-2)7-6-15(18)20-3/h4-5,10H,6-9,11H2,1-3H3. The number of benzene rings is 1. The van der Waals surface area contributed by atoms with Gasteiger partial charge in [-0.05, 0) is 30.2 Å². The molecule has 0 aromatic heterocycles. The van der Waals surface area contributed by atoms with Crippen molar-refractivity contribution in [3.8, 4) is 0 Å². The minimum absolute atomic E-state index is 0.245. The van der Waals surface area contributed by atoms with Crippen LogP contribution in [0.5, 0.6) is 0 Å². The Balaban J connectivity index is 2.67. The van der Waals surface area contributed by atoms with Crippen molar-refractivity contribution in [1.29, 1.82) is 0 Å². The third kappa shape index (κ3) is 5.67. The summed E-state index contributed by atoms with van der Waals surface area (Å²) >= 11 is 0. The summed E-state index contributed by atoms with van der Waals surface area (Å²) in [6, 6.07) is 4.75. The molecular weight excluding hydrogens is 261 g/mol. The minimum Gasteiger partial charge on any atom is -0.469 e. The van der Waals surface area contributed by atoms with Crippen LogP contribution in [0.1, 0.15) is 17.5 Å². The van der Waals surface area contributed by atoms with Gasteiger partial charge in [-0.15, -0.1) is 0 Å². The molecule has 0 radical (unpaired) electrons. The van der Waals surface area contributed by atoms with Gasteiger partial charge in [-0.1, -0.05) is 6.07 Å². The lowest BCUT2D eigenvalue weighted by Gasteiger charge is -2.22. The van der Waals surface area contributed by atoms with Crippen LogP contribution in [0.3, 0.4) is 0 Å². The van der Waals surface area contributed by atoms with Gasteiger partial charge in [-0.25, -0.2) is 4.39 Å². The Bertz CT molecular complexity index is 437. The van der Waals surface area contributed by atoms with Crippen molar-refractivity contribution in [2.75, 3.05) is 33.9 Å².